The van der Waals surface area contributed by atoms with Crippen LogP contribution in [-0.4, -0.2) is 46.3 Å². The second-order valence-electron chi connectivity index (χ2n) is 6.55. The van der Waals surface area contributed by atoms with E-state index in [1.807, 2.05) is 30.9 Å². The zero-order valence-corrected chi connectivity index (χ0v) is 15.1. The van der Waals surface area contributed by atoms with Crippen LogP contribution in [0.15, 0.2) is 24.8 Å². The number of hydrogen-bond acceptors (Lipinski definition) is 5. The third kappa shape index (κ3) is 3.31. The summed E-state index contributed by atoms with van der Waals surface area (Å²) in [6.07, 6.45) is 3.86. The van der Waals surface area contributed by atoms with Crippen molar-refractivity contribution in [2.45, 2.75) is 32.9 Å². The molecule has 0 saturated heterocycles. The highest BCUT2D eigenvalue weighted by Crippen LogP contribution is 2.34. The molecular weight excluding hydrogens is 320 g/mol. The van der Waals surface area contributed by atoms with Crippen molar-refractivity contribution in [3.63, 3.8) is 0 Å². The Morgan fingerprint density at radius 1 is 1.16 bits per heavy atom. The third-order valence-corrected chi connectivity index (χ3v) is 4.64. The van der Waals surface area contributed by atoms with Gasteiger partial charge in [0.2, 0.25) is 5.91 Å². The fourth-order valence-corrected chi connectivity index (χ4v) is 3.32. The van der Waals surface area contributed by atoms with E-state index in [-0.39, 0.29) is 17.9 Å². The van der Waals surface area contributed by atoms with Gasteiger partial charge in [-0.05, 0) is 35.6 Å². The van der Waals surface area contributed by atoms with Gasteiger partial charge in [-0.3, -0.25) is 4.79 Å². The van der Waals surface area contributed by atoms with Crippen molar-refractivity contribution >= 4 is 5.91 Å². The van der Waals surface area contributed by atoms with E-state index in [9.17, 15) is 4.79 Å². The molecule has 0 spiro atoms. The van der Waals surface area contributed by atoms with Crippen molar-refractivity contribution in [3.05, 3.63) is 35.9 Å². The van der Waals surface area contributed by atoms with Crippen LogP contribution in [0.5, 0.6) is 11.5 Å². The molecule has 7 heteroatoms. The maximum Gasteiger partial charge on any atom is 0.248 e. The molecule has 1 aliphatic heterocycles. The van der Waals surface area contributed by atoms with Crippen LogP contribution in [0.3, 0.4) is 0 Å². The van der Waals surface area contributed by atoms with E-state index in [1.165, 1.54) is 11.9 Å². The Morgan fingerprint density at radius 3 is 2.40 bits per heavy atom. The van der Waals surface area contributed by atoms with Gasteiger partial charge in [-0.15, -0.1) is 0 Å². The summed E-state index contributed by atoms with van der Waals surface area (Å²) >= 11 is 0. The summed E-state index contributed by atoms with van der Waals surface area (Å²) in [4.78, 5) is 19.0. The zero-order chi connectivity index (χ0) is 18.0. The van der Waals surface area contributed by atoms with Gasteiger partial charge in [0.25, 0.3) is 0 Å². The minimum Gasteiger partial charge on any atom is -0.493 e. The molecule has 2 heterocycles. The van der Waals surface area contributed by atoms with E-state index >= 15 is 0 Å². The molecule has 134 valence electrons. The van der Waals surface area contributed by atoms with E-state index in [1.54, 1.807) is 25.2 Å². The average molecular weight is 344 g/mol. The second kappa shape index (κ2) is 7.13. The lowest BCUT2D eigenvalue weighted by Crippen LogP contribution is -2.42. The molecule has 1 aliphatic rings. The minimum absolute atomic E-state index is 0.0703. The second-order valence-corrected chi connectivity index (χ2v) is 6.55. The number of hydrogen-bond donors (Lipinski definition) is 0. The highest BCUT2D eigenvalue weighted by molar-refractivity contribution is 5.81. The van der Waals surface area contributed by atoms with Gasteiger partial charge in [0.1, 0.15) is 18.7 Å². The summed E-state index contributed by atoms with van der Waals surface area (Å²) in [6.45, 7) is 5.29. The number of nitrogens with zero attached hydrogens (tertiary/aromatic N) is 4. The predicted octanol–water partition coefficient (Wildman–Crippen LogP) is 2.08. The number of carbonyl (C=O) groups is 1. The van der Waals surface area contributed by atoms with E-state index in [0.717, 1.165) is 17.7 Å². The van der Waals surface area contributed by atoms with Crippen LogP contribution < -0.4 is 9.47 Å². The van der Waals surface area contributed by atoms with Crippen LogP contribution in [0.4, 0.5) is 0 Å². The number of fused-ring (bicyclic) bond motifs is 1. The Morgan fingerprint density at radius 2 is 1.84 bits per heavy atom. The van der Waals surface area contributed by atoms with Crippen LogP contribution in [0, 0.1) is 5.92 Å². The standard InChI is InChI=1S/C18H24N4O3/c1-12(2)17(22-11-19-10-20-22)18(23)21-6-5-13-7-15(24-3)16(25-4)8-14(13)9-21/h7-8,10-12,17H,5-6,9H2,1-4H3/t17-/m1/s1. The monoisotopic (exact) mass is 344 g/mol. The number of methoxy groups -OCH3 is 2. The molecule has 0 fully saturated rings. The topological polar surface area (TPSA) is 69.5 Å². The molecule has 1 amide bonds. The first-order chi connectivity index (χ1) is 12.0. The summed E-state index contributed by atoms with van der Waals surface area (Å²) in [5.41, 5.74) is 2.29. The lowest BCUT2D eigenvalue weighted by atomic mass is 9.96. The first-order valence-corrected chi connectivity index (χ1v) is 8.41. The minimum atomic E-state index is -0.343. The Kier molecular flexibility index (Phi) is 4.92. The molecule has 1 aromatic carbocycles. The molecule has 0 aliphatic carbocycles. The number of rotatable bonds is 5. The van der Waals surface area contributed by atoms with Gasteiger partial charge in [0, 0.05) is 13.1 Å². The highest BCUT2D eigenvalue weighted by Gasteiger charge is 2.31. The van der Waals surface area contributed by atoms with Crippen molar-refractivity contribution in [2.75, 3.05) is 20.8 Å². The van der Waals surface area contributed by atoms with E-state index < -0.39 is 0 Å². The molecular formula is C18H24N4O3. The number of ether oxygens (including phenoxy) is 2. The molecule has 3 rings (SSSR count). The highest BCUT2D eigenvalue weighted by atomic mass is 16.5. The van der Waals surface area contributed by atoms with Gasteiger partial charge in [-0.25, -0.2) is 9.67 Å². The Labute approximate surface area is 147 Å². The first kappa shape index (κ1) is 17.3. The van der Waals surface area contributed by atoms with Crippen LogP contribution in [0.2, 0.25) is 0 Å². The molecule has 0 unspecified atom stereocenters. The zero-order valence-electron chi connectivity index (χ0n) is 15.1. The lowest BCUT2D eigenvalue weighted by Gasteiger charge is -2.33. The van der Waals surface area contributed by atoms with E-state index in [2.05, 4.69) is 10.1 Å². The summed E-state index contributed by atoms with van der Waals surface area (Å²) in [6, 6.07) is 3.63. The molecule has 0 saturated carbocycles. The fraction of sp³-hybridized carbons (Fsp3) is 0.500. The van der Waals surface area contributed by atoms with Crippen LogP contribution in [-0.2, 0) is 17.8 Å². The van der Waals surface area contributed by atoms with Gasteiger partial charge < -0.3 is 14.4 Å². The SMILES string of the molecule is COc1cc2c(cc1OC)CN(C(=O)[C@@H](C(C)C)n1cncn1)CC2. The summed E-state index contributed by atoms with van der Waals surface area (Å²) in [5, 5.41) is 4.17. The third-order valence-electron chi connectivity index (χ3n) is 4.64. The van der Waals surface area contributed by atoms with Gasteiger partial charge in [-0.2, -0.15) is 5.10 Å². The normalized spacial score (nSPS) is 15.0. The predicted molar refractivity (Wildman–Crippen MR) is 92.6 cm³/mol. The van der Waals surface area contributed by atoms with E-state index in [4.69, 9.17) is 9.47 Å². The van der Waals surface area contributed by atoms with Crippen molar-refractivity contribution in [1.29, 1.82) is 0 Å². The summed E-state index contributed by atoms with van der Waals surface area (Å²) < 4.78 is 12.4. The number of amides is 1. The average Bonchev–Trinajstić information content (AvgIpc) is 3.13. The molecule has 0 bridgehead atoms. The maximum atomic E-state index is 13.1. The van der Waals surface area contributed by atoms with Crippen LogP contribution >= 0.6 is 0 Å². The van der Waals surface area contributed by atoms with Crippen molar-refractivity contribution < 1.29 is 14.3 Å². The summed E-state index contributed by atoms with van der Waals surface area (Å²) in [5.74, 6) is 1.61. The molecule has 1 atom stereocenters. The molecule has 25 heavy (non-hydrogen) atoms. The van der Waals surface area contributed by atoms with Gasteiger partial charge >= 0.3 is 0 Å². The molecule has 0 N–H and O–H groups in total. The number of aromatic nitrogens is 3. The van der Waals surface area contributed by atoms with Gasteiger partial charge in [-0.1, -0.05) is 13.8 Å². The van der Waals surface area contributed by atoms with E-state index in [0.29, 0.717) is 18.8 Å². The maximum absolute atomic E-state index is 13.1. The van der Waals surface area contributed by atoms with Crippen LogP contribution in [0.25, 0.3) is 0 Å². The van der Waals surface area contributed by atoms with Crippen molar-refractivity contribution in [2.24, 2.45) is 5.92 Å². The van der Waals surface area contributed by atoms with Gasteiger partial charge in [0.05, 0.1) is 14.2 Å². The number of carbonyl (C=O) groups excluding carboxylic acids is 1. The fourth-order valence-electron chi connectivity index (χ4n) is 3.32. The van der Waals surface area contributed by atoms with Crippen molar-refractivity contribution in [3.8, 4) is 11.5 Å². The molecule has 0 radical (unpaired) electrons. The Balaban J connectivity index is 1.85. The lowest BCUT2D eigenvalue weighted by molar-refractivity contribution is -0.137. The Bertz CT molecular complexity index is 743. The van der Waals surface area contributed by atoms with Crippen LogP contribution in [0.1, 0.15) is 31.0 Å². The number of benzene rings is 1. The quantitative estimate of drug-likeness (QED) is 0.830. The van der Waals surface area contributed by atoms with Crippen molar-refractivity contribution in [1.82, 2.24) is 19.7 Å². The van der Waals surface area contributed by atoms with Gasteiger partial charge in [0.15, 0.2) is 11.5 Å². The molecule has 7 nitrogen and oxygen atoms in total. The largest absolute Gasteiger partial charge is 0.493 e. The molecule has 1 aromatic heterocycles. The Hall–Kier alpha value is -2.57. The molecule has 2 aromatic rings. The first-order valence-electron chi connectivity index (χ1n) is 8.41. The summed E-state index contributed by atoms with van der Waals surface area (Å²) in [7, 11) is 3.25. The smallest absolute Gasteiger partial charge is 0.248 e.